The second kappa shape index (κ2) is 7.96. The van der Waals surface area contributed by atoms with Crippen LogP contribution in [0, 0.1) is 6.92 Å². The van der Waals surface area contributed by atoms with E-state index >= 15 is 0 Å². The van der Waals surface area contributed by atoms with E-state index in [9.17, 15) is 0 Å². The molecule has 0 fully saturated rings. The van der Waals surface area contributed by atoms with E-state index in [1.807, 2.05) is 17.7 Å². The van der Waals surface area contributed by atoms with Crippen LogP contribution in [0.3, 0.4) is 0 Å². The smallest absolute Gasteiger partial charge is 0.200 e. The van der Waals surface area contributed by atoms with Crippen LogP contribution in [0.4, 0.5) is 0 Å². The summed E-state index contributed by atoms with van der Waals surface area (Å²) in [6, 6.07) is 24.0. The number of benzene rings is 3. The van der Waals surface area contributed by atoms with E-state index in [1.54, 1.807) is 0 Å². The average Bonchev–Trinajstić information content (AvgIpc) is 2.74. The summed E-state index contributed by atoms with van der Waals surface area (Å²) in [6.07, 6.45) is 0.522. The van der Waals surface area contributed by atoms with Crippen LogP contribution in [0.1, 0.15) is 58.6 Å². The summed E-state index contributed by atoms with van der Waals surface area (Å²) in [6.45, 7) is 13.5. The number of pyridine rings is 1. The van der Waals surface area contributed by atoms with Crippen molar-refractivity contribution in [2.24, 2.45) is 7.05 Å². The summed E-state index contributed by atoms with van der Waals surface area (Å²) < 4.78 is 10.7. The topological polar surface area (TPSA) is 3.88 Å². The molecule has 1 heterocycles. The van der Waals surface area contributed by atoms with E-state index in [4.69, 9.17) is 1.37 Å². The number of rotatable bonds is 3. The highest BCUT2D eigenvalue weighted by molar-refractivity contribution is 5.95. The Bertz CT molecular complexity index is 1290. The van der Waals surface area contributed by atoms with Crippen molar-refractivity contribution < 1.29 is 5.94 Å². The molecule has 1 heteroatoms. The fourth-order valence-electron chi connectivity index (χ4n) is 4.48. The van der Waals surface area contributed by atoms with Crippen LogP contribution in [0.2, 0.25) is 0 Å². The van der Waals surface area contributed by atoms with Gasteiger partial charge in [-0.25, -0.2) is 4.57 Å². The minimum atomic E-state index is 0.0720. The molecular formula is C30H34N+. The van der Waals surface area contributed by atoms with Crippen molar-refractivity contribution in [2.75, 3.05) is 0 Å². The molecule has 0 unspecified atom stereocenters. The molecule has 0 aliphatic rings. The van der Waals surface area contributed by atoms with Gasteiger partial charge in [0.1, 0.15) is 8.42 Å². The lowest BCUT2D eigenvalue weighted by molar-refractivity contribution is -0.659. The number of fused-ring (bicyclic) bond motifs is 1. The van der Waals surface area contributed by atoms with Crippen molar-refractivity contribution in [1.29, 1.82) is 0 Å². The number of nitrogens with zero attached hydrogens (tertiary/aromatic N) is 1. The second-order valence-corrected chi connectivity index (χ2v) is 9.99. The first kappa shape index (κ1) is 20.0. The normalized spacial score (nSPS) is 12.5. The van der Waals surface area contributed by atoms with Crippen LogP contribution in [-0.2, 0) is 12.5 Å². The Labute approximate surface area is 188 Å². The Hall–Kier alpha value is -2.93. The highest BCUT2D eigenvalue weighted by atomic mass is 14.9. The predicted molar refractivity (Wildman–Crippen MR) is 134 cm³/mol. The Balaban J connectivity index is 2.07. The molecule has 0 N–H and O–H groups in total. The third kappa shape index (κ3) is 4.02. The second-order valence-electron chi connectivity index (χ2n) is 9.99. The van der Waals surface area contributed by atoms with Crippen LogP contribution in [-0.4, -0.2) is 0 Å². The molecule has 0 radical (unpaired) electrons. The van der Waals surface area contributed by atoms with E-state index in [2.05, 4.69) is 102 Å². The monoisotopic (exact) mass is 409 g/mol. The van der Waals surface area contributed by atoms with Gasteiger partial charge in [0.15, 0.2) is 6.17 Å². The van der Waals surface area contributed by atoms with Gasteiger partial charge in [0.05, 0.1) is 10.9 Å². The fourth-order valence-corrected chi connectivity index (χ4v) is 4.48. The van der Waals surface area contributed by atoms with Gasteiger partial charge in [-0.1, -0.05) is 83.1 Å². The van der Waals surface area contributed by atoms with Crippen molar-refractivity contribution in [3.63, 3.8) is 0 Å². The summed E-state index contributed by atoms with van der Waals surface area (Å²) in [5, 5.41) is 2.32. The van der Waals surface area contributed by atoms with Crippen LogP contribution >= 0.6 is 0 Å². The van der Waals surface area contributed by atoms with E-state index in [1.165, 1.54) is 38.8 Å². The molecule has 0 bridgehead atoms. The number of hydrogen-bond acceptors (Lipinski definition) is 0. The van der Waals surface area contributed by atoms with Gasteiger partial charge in [-0.2, -0.15) is 0 Å². The minimum absolute atomic E-state index is 0.0720. The first-order valence-corrected chi connectivity index (χ1v) is 11.2. The van der Waals surface area contributed by atoms with Crippen molar-refractivity contribution in [2.45, 2.75) is 52.9 Å². The van der Waals surface area contributed by atoms with Gasteiger partial charge in [0, 0.05) is 6.07 Å². The van der Waals surface area contributed by atoms with Crippen LogP contribution in [0.15, 0.2) is 72.9 Å². The Kier molecular flexibility index (Phi) is 5.14. The summed E-state index contributed by atoms with van der Waals surface area (Å²) in [4.78, 5) is 0. The summed E-state index contributed by atoms with van der Waals surface area (Å²) in [5.41, 5.74) is 8.79. The zero-order valence-corrected chi connectivity index (χ0v) is 19.9. The maximum atomic E-state index is 8.71. The first-order chi connectivity index (χ1) is 15.1. The molecule has 0 aliphatic heterocycles. The predicted octanol–water partition coefficient (Wildman–Crippen LogP) is 7.73. The molecule has 1 aromatic heterocycles. The summed E-state index contributed by atoms with van der Waals surface area (Å²) in [7, 11) is 2.01. The molecule has 0 amide bonds. The van der Waals surface area contributed by atoms with Gasteiger partial charge >= 0.3 is 0 Å². The van der Waals surface area contributed by atoms with Crippen LogP contribution in [0.25, 0.3) is 33.2 Å². The largest absolute Gasteiger partial charge is 0.220 e. The van der Waals surface area contributed by atoms with E-state index < -0.39 is 0 Å². The zero-order valence-electron chi connectivity index (χ0n) is 20.9. The standard InChI is InChI=1S/C30H34N/c1-20(2)27-18-24(22-11-9-8-10-12-22)19-28(21(27)3)29-26-14-13-25(30(4,5)6)17-23(26)15-16-31(29)7/h8-20H,1-7H3/q+1/i16D. The lowest BCUT2D eigenvalue weighted by atomic mass is 9.84. The quantitative estimate of drug-likeness (QED) is 0.305. The SMILES string of the molecule is [2H]c1cc2cc(C(C)(C)C)ccc2c(-c2cc(-c3ccccc3)cc(C(C)C)c2C)[n+]1C. The lowest BCUT2D eigenvalue weighted by Crippen LogP contribution is -2.31. The molecule has 0 spiro atoms. The Morgan fingerprint density at radius 3 is 2.23 bits per heavy atom. The average molecular weight is 410 g/mol. The minimum Gasteiger partial charge on any atom is -0.200 e. The Morgan fingerprint density at radius 2 is 1.58 bits per heavy atom. The molecule has 4 rings (SSSR count). The van der Waals surface area contributed by atoms with Crippen molar-refractivity contribution >= 4 is 10.8 Å². The van der Waals surface area contributed by atoms with E-state index in [0.29, 0.717) is 12.1 Å². The zero-order chi connectivity index (χ0) is 23.2. The maximum Gasteiger partial charge on any atom is 0.220 e. The molecule has 158 valence electrons. The van der Waals surface area contributed by atoms with Crippen LogP contribution < -0.4 is 4.57 Å². The number of aromatic nitrogens is 1. The van der Waals surface area contributed by atoms with Gasteiger partial charge in [0.2, 0.25) is 5.69 Å². The lowest BCUT2D eigenvalue weighted by Gasteiger charge is -2.20. The molecule has 0 saturated carbocycles. The highest BCUT2D eigenvalue weighted by Crippen LogP contribution is 2.37. The fraction of sp³-hybridized carbons (Fsp3) is 0.300. The van der Waals surface area contributed by atoms with Crippen LogP contribution in [0.5, 0.6) is 0 Å². The molecule has 1 nitrogen and oxygen atoms in total. The van der Waals surface area contributed by atoms with Gasteiger partial charge in [-0.3, -0.25) is 0 Å². The number of hydrogen-bond donors (Lipinski definition) is 0. The maximum absolute atomic E-state index is 8.71. The van der Waals surface area contributed by atoms with Gasteiger partial charge in [-0.15, -0.1) is 0 Å². The third-order valence-corrected chi connectivity index (χ3v) is 6.35. The first-order valence-electron chi connectivity index (χ1n) is 11.7. The molecular weight excluding hydrogens is 374 g/mol. The molecule has 0 aliphatic carbocycles. The Morgan fingerprint density at radius 1 is 0.871 bits per heavy atom. The van der Waals surface area contributed by atoms with Gasteiger partial charge in [-0.05, 0) is 63.6 Å². The highest BCUT2D eigenvalue weighted by Gasteiger charge is 2.22. The molecule has 0 saturated heterocycles. The van der Waals surface area contributed by atoms with Gasteiger partial charge < -0.3 is 0 Å². The molecule has 0 atom stereocenters. The van der Waals surface area contributed by atoms with E-state index in [-0.39, 0.29) is 5.41 Å². The molecule has 3 aromatic carbocycles. The van der Waals surface area contributed by atoms with Crippen molar-refractivity contribution in [3.05, 3.63) is 89.6 Å². The van der Waals surface area contributed by atoms with Gasteiger partial charge in [0.25, 0.3) is 0 Å². The molecule has 4 aromatic rings. The summed E-state index contributed by atoms with van der Waals surface area (Å²) >= 11 is 0. The third-order valence-electron chi connectivity index (χ3n) is 6.35. The summed E-state index contributed by atoms with van der Waals surface area (Å²) in [5.74, 6) is 0.417. The molecule has 31 heavy (non-hydrogen) atoms. The van der Waals surface area contributed by atoms with E-state index in [0.717, 1.165) is 11.1 Å². The van der Waals surface area contributed by atoms with Crippen molar-refractivity contribution in [3.8, 4) is 22.4 Å². The van der Waals surface area contributed by atoms with Crippen molar-refractivity contribution in [1.82, 2.24) is 0 Å².